The summed E-state index contributed by atoms with van der Waals surface area (Å²) in [6.45, 7) is 1.38. The van der Waals surface area contributed by atoms with E-state index in [1.165, 1.54) is 0 Å². The molecule has 2 aromatic carbocycles. The van der Waals surface area contributed by atoms with Crippen LogP contribution in [-0.4, -0.2) is 44.2 Å². The highest BCUT2D eigenvalue weighted by molar-refractivity contribution is 5.77. The van der Waals surface area contributed by atoms with Crippen molar-refractivity contribution in [2.75, 3.05) is 27.3 Å². The number of carbonyl (C=O) groups is 1. The van der Waals surface area contributed by atoms with Crippen molar-refractivity contribution < 1.29 is 19.0 Å². The Kier molecular flexibility index (Phi) is 6.00. The van der Waals surface area contributed by atoms with Crippen molar-refractivity contribution in [2.45, 2.75) is 25.4 Å². The fourth-order valence-corrected chi connectivity index (χ4v) is 3.29. The highest BCUT2D eigenvalue weighted by atomic mass is 16.5. The molecule has 0 bridgehead atoms. The number of rotatable bonds is 7. The van der Waals surface area contributed by atoms with Crippen molar-refractivity contribution in [3.63, 3.8) is 0 Å². The summed E-state index contributed by atoms with van der Waals surface area (Å²) in [5.41, 5.74) is 0.983. The molecule has 138 valence electrons. The molecule has 2 aromatic rings. The lowest BCUT2D eigenvalue weighted by atomic mass is 10.1. The Morgan fingerprint density at radius 1 is 1.08 bits per heavy atom. The van der Waals surface area contributed by atoms with E-state index in [1.54, 1.807) is 14.2 Å². The van der Waals surface area contributed by atoms with Gasteiger partial charge in [0, 0.05) is 19.4 Å². The molecule has 1 unspecified atom stereocenters. The first-order valence-electron chi connectivity index (χ1n) is 8.90. The van der Waals surface area contributed by atoms with Crippen molar-refractivity contribution in [3.8, 4) is 17.2 Å². The standard InChI is InChI=1S/C21H25NO4/c1-24-19-10-6-7-16(21(19)25-2)11-12-20(23)22-14-13-18(15-22)26-17-8-4-3-5-9-17/h3-10,18H,11-15H2,1-2H3. The van der Waals surface area contributed by atoms with Crippen molar-refractivity contribution >= 4 is 5.91 Å². The van der Waals surface area contributed by atoms with Crippen LogP contribution in [0.4, 0.5) is 0 Å². The number of para-hydroxylation sites is 2. The van der Waals surface area contributed by atoms with Gasteiger partial charge in [-0.3, -0.25) is 4.79 Å². The molecule has 1 fully saturated rings. The molecule has 1 saturated heterocycles. The molecule has 1 aliphatic heterocycles. The van der Waals surface area contributed by atoms with Crippen LogP contribution in [0.1, 0.15) is 18.4 Å². The Bertz CT molecular complexity index is 732. The minimum absolute atomic E-state index is 0.0627. The summed E-state index contributed by atoms with van der Waals surface area (Å²) in [5.74, 6) is 2.39. The third-order valence-electron chi connectivity index (χ3n) is 4.64. The number of hydrogen-bond acceptors (Lipinski definition) is 4. The molecule has 3 rings (SSSR count). The van der Waals surface area contributed by atoms with Gasteiger partial charge < -0.3 is 19.1 Å². The quantitative estimate of drug-likeness (QED) is 0.764. The zero-order valence-electron chi connectivity index (χ0n) is 15.3. The van der Waals surface area contributed by atoms with Crippen LogP contribution in [0.25, 0.3) is 0 Å². The van der Waals surface area contributed by atoms with Gasteiger partial charge >= 0.3 is 0 Å². The zero-order valence-corrected chi connectivity index (χ0v) is 15.3. The molecule has 1 atom stereocenters. The molecule has 1 amide bonds. The predicted molar refractivity (Wildman–Crippen MR) is 99.9 cm³/mol. The maximum Gasteiger partial charge on any atom is 0.223 e. The van der Waals surface area contributed by atoms with Gasteiger partial charge in [-0.1, -0.05) is 30.3 Å². The molecule has 1 aliphatic rings. The van der Waals surface area contributed by atoms with Crippen LogP contribution in [0.2, 0.25) is 0 Å². The van der Waals surface area contributed by atoms with E-state index < -0.39 is 0 Å². The average Bonchev–Trinajstić information content (AvgIpc) is 3.15. The lowest BCUT2D eigenvalue weighted by Gasteiger charge is -2.18. The summed E-state index contributed by atoms with van der Waals surface area (Å²) < 4.78 is 16.7. The summed E-state index contributed by atoms with van der Waals surface area (Å²) in [6, 6.07) is 15.5. The second-order valence-corrected chi connectivity index (χ2v) is 6.33. The summed E-state index contributed by atoms with van der Waals surface area (Å²) >= 11 is 0. The van der Waals surface area contributed by atoms with Gasteiger partial charge in [-0.15, -0.1) is 0 Å². The highest BCUT2D eigenvalue weighted by Crippen LogP contribution is 2.31. The number of hydrogen-bond donors (Lipinski definition) is 0. The molecule has 0 aliphatic carbocycles. The van der Waals surface area contributed by atoms with Crippen molar-refractivity contribution in [1.82, 2.24) is 4.90 Å². The van der Waals surface area contributed by atoms with E-state index in [2.05, 4.69) is 0 Å². The van der Waals surface area contributed by atoms with Crippen molar-refractivity contribution in [2.24, 2.45) is 0 Å². The van der Waals surface area contributed by atoms with Crippen LogP contribution >= 0.6 is 0 Å². The van der Waals surface area contributed by atoms with Crippen LogP contribution in [0.5, 0.6) is 17.2 Å². The van der Waals surface area contributed by atoms with Gasteiger partial charge in [0.05, 0.1) is 20.8 Å². The number of carbonyl (C=O) groups excluding carboxylic acids is 1. The van der Waals surface area contributed by atoms with Gasteiger partial charge in [0.25, 0.3) is 0 Å². The Labute approximate surface area is 154 Å². The number of methoxy groups -OCH3 is 2. The summed E-state index contributed by atoms with van der Waals surface area (Å²) in [7, 11) is 3.24. The van der Waals surface area contributed by atoms with Crippen LogP contribution < -0.4 is 14.2 Å². The number of benzene rings is 2. The van der Waals surface area contributed by atoms with Crippen LogP contribution in [0.3, 0.4) is 0 Å². The Morgan fingerprint density at radius 3 is 2.62 bits per heavy atom. The molecule has 5 heteroatoms. The molecule has 1 heterocycles. The van der Waals surface area contributed by atoms with E-state index in [-0.39, 0.29) is 12.0 Å². The van der Waals surface area contributed by atoms with E-state index in [0.29, 0.717) is 30.9 Å². The molecule has 0 N–H and O–H groups in total. The van der Waals surface area contributed by atoms with Gasteiger partial charge in [0.15, 0.2) is 11.5 Å². The Morgan fingerprint density at radius 2 is 1.88 bits per heavy atom. The van der Waals surface area contributed by atoms with Gasteiger partial charge in [0.2, 0.25) is 5.91 Å². The maximum atomic E-state index is 12.6. The summed E-state index contributed by atoms with van der Waals surface area (Å²) in [6.07, 6.45) is 2.00. The molecule has 26 heavy (non-hydrogen) atoms. The minimum Gasteiger partial charge on any atom is -0.493 e. The fourth-order valence-electron chi connectivity index (χ4n) is 3.29. The monoisotopic (exact) mass is 355 g/mol. The van der Waals surface area contributed by atoms with E-state index in [1.807, 2.05) is 53.4 Å². The fraction of sp³-hybridized carbons (Fsp3) is 0.381. The molecule has 0 saturated carbocycles. The first kappa shape index (κ1) is 18.1. The predicted octanol–water partition coefficient (Wildman–Crippen LogP) is 3.32. The van der Waals surface area contributed by atoms with Crippen LogP contribution in [0.15, 0.2) is 48.5 Å². The van der Waals surface area contributed by atoms with Gasteiger partial charge in [-0.2, -0.15) is 0 Å². The largest absolute Gasteiger partial charge is 0.493 e. The third kappa shape index (κ3) is 4.28. The summed E-state index contributed by atoms with van der Waals surface area (Å²) in [4.78, 5) is 14.5. The van der Waals surface area contributed by atoms with Crippen LogP contribution in [0, 0.1) is 0 Å². The van der Waals surface area contributed by atoms with E-state index >= 15 is 0 Å². The number of nitrogens with zero attached hydrogens (tertiary/aromatic N) is 1. The molecule has 0 radical (unpaired) electrons. The Balaban J connectivity index is 1.53. The zero-order chi connectivity index (χ0) is 18.4. The van der Waals surface area contributed by atoms with Crippen molar-refractivity contribution in [1.29, 1.82) is 0 Å². The van der Waals surface area contributed by atoms with E-state index in [9.17, 15) is 4.79 Å². The Hall–Kier alpha value is -2.69. The first-order valence-corrected chi connectivity index (χ1v) is 8.90. The van der Waals surface area contributed by atoms with Gasteiger partial charge in [-0.05, 0) is 30.2 Å². The van der Waals surface area contributed by atoms with E-state index in [4.69, 9.17) is 14.2 Å². The maximum absolute atomic E-state index is 12.6. The first-order chi connectivity index (χ1) is 12.7. The highest BCUT2D eigenvalue weighted by Gasteiger charge is 2.27. The minimum atomic E-state index is 0.0627. The second-order valence-electron chi connectivity index (χ2n) is 6.33. The van der Waals surface area contributed by atoms with Gasteiger partial charge in [-0.25, -0.2) is 0 Å². The van der Waals surface area contributed by atoms with Crippen molar-refractivity contribution in [3.05, 3.63) is 54.1 Å². The third-order valence-corrected chi connectivity index (χ3v) is 4.64. The normalized spacial score (nSPS) is 16.4. The smallest absolute Gasteiger partial charge is 0.223 e. The molecule has 5 nitrogen and oxygen atoms in total. The molecular formula is C21H25NO4. The number of ether oxygens (including phenoxy) is 3. The lowest BCUT2D eigenvalue weighted by Crippen LogP contribution is -2.31. The second kappa shape index (κ2) is 8.61. The number of amides is 1. The average molecular weight is 355 g/mol. The SMILES string of the molecule is COc1cccc(CCC(=O)N2CCC(Oc3ccccc3)C2)c1OC. The van der Waals surface area contributed by atoms with E-state index in [0.717, 1.165) is 24.3 Å². The van der Waals surface area contributed by atoms with Crippen LogP contribution in [-0.2, 0) is 11.2 Å². The number of likely N-dealkylation sites (tertiary alicyclic amines) is 1. The lowest BCUT2D eigenvalue weighted by molar-refractivity contribution is -0.130. The topological polar surface area (TPSA) is 48.0 Å². The molecule has 0 aromatic heterocycles. The molecule has 0 spiro atoms. The molecular weight excluding hydrogens is 330 g/mol. The van der Waals surface area contributed by atoms with Gasteiger partial charge in [0.1, 0.15) is 11.9 Å². The summed E-state index contributed by atoms with van der Waals surface area (Å²) in [5, 5.41) is 0. The number of aryl methyl sites for hydroxylation is 1.